The number of aromatic nitrogens is 1. The number of piperidine rings is 1. The summed E-state index contributed by atoms with van der Waals surface area (Å²) in [6.07, 6.45) is 1.83. The molecule has 0 aliphatic carbocycles. The molecule has 1 fully saturated rings. The molecule has 1 saturated heterocycles. The fraction of sp³-hybridized carbons (Fsp3) is 0.625. The number of nitrogens with one attached hydrogen (secondary N) is 1. The second kappa shape index (κ2) is 8.76. The molecule has 2 heterocycles. The van der Waals surface area contributed by atoms with Gasteiger partial charge in [-0.1, -0.05) is 0 Å². The van der Waals surface area contributed by atoms with Gasteiger partial charge in [0.05, 0.1) is 24.7 Å². The van der Waals surface area contributed by atoms with Crippen LogP contribution in [0.4, 0.5) is 5.13 Å². The minimum absolute atomic E-state index is 0.0152. The van der Waals surface area contributed by atoms with E-state index < -0.39 is 0 Å². The number of rotatable bonds is 6. The Hall–Kier alpha value is -1.98. The molecule has 0 saturated carbocycles. The average Bonchev–Trinajstić information content (AvgIpc) is 2.98. The van der Waals surface area contributed by atoms with Gasteiger partial charge in [0.2, 0.25) is 11.8 Å². The predicted molar refractivity (Wildman–Crippen MR) is 92.5 cm³/mol. The van der Waals surface area contributed by atoms with Crippen molar-refractivity contribution in [2.75, 3.05) is 38.5 Å². The van der Waals surface area contributed by atoms with Crippen LogP contribution in [0.15, 0.2) is 5.38 Å². The van der Waals surface area contributed by atoms with Crippen molar-refractivity contribution < 1.29 is 9.59 Å². The molecule has 1 aromatic heterocycles. The highest BCUT2D eigenvalue weighted by atomic mass is 32.1. The summed E-state index contributed by atoms with van der Waals surface area (Å²) in [6, 6.07) is 2.04. The molecule has 0 aromatic carbocycles. The molecule has 7 nitrogen and oxygen atoms in total. The lowest BCUT2D eigenvalue weighted by Gasteiger charge is -2.31. The van der Waals surface area contributed by atoms with Crippen LogP contribution in [0.2, 0.25) is 0 Å². The summed E-state index contributed by atoms with van der Waals surface area (Å²) in [5.41, 5.74) is 0.907. The topological polar surface area (TPSA) is 89.3 Å². The highest BCUT2D eigenvalue weighted by Gasteiger charge is 2.26. The van der Waals surface area contributed by atoms with Gasteiger partial charge in [-0.3, -0.25) is 14.5 Å². The first-order valence-electron chi connectivity index (χ1n) is 8.06. The highest BCUT2D eigenvalue weighted by molar-refractivity contribution is 7.13. The molecular formula is C16H23N5O2S. The molecular weight excluding hydrogens is 326 g/mol. The number of likely N-dealkylation sites (tertiary alicyclic amines) is 1. The van der Waals surface area contributed by atoms with Gasteiger partial charge in [0.25, 0.3) is 0 Å². The number of anilines is 1. The van der Waals surface area contributed by atoms with Crippen LogP contribution in [0.3, 0.4) is 0 Å². The first kappa shape index (κ1) is 18.4. The van der Waals surface area contributed by atoms with Crippen LogP contribution >= 0.6 is 11.3 Å². The first-order chi connectivity index (χ1) is 11.5. The van der Waals surface area contributed by atoms with E-state index in [4.69, 9.17) is 5.26 Å². The normalized spacial score (nSPS) is 15.7. The van der Waals surface area contributed by atoms with Gasteiger partial charge in [-0.2, -0.15) is 5.26 Å². The Bertz CT molecular complexity index is 616. The molecule has 130 valence electrons. The number of nitriles is 1. The van der Waals surface area contributed by atoms with Crippen LogP contribution in [0.25, 0.3) is 0 Å². The number of carbonyl (C=O) groups excluding carboxylic acids is 2. The summed E-state index contributed by atoms with van der Waals surface area (Å²) < 4.78 is 0. The highest BCUT2D eigenvalue weighted by Crippen LogP contribution is 2.21. The summed E-state index contributed by atoms with van der Waals surface area (Å²) in [7, 11) is 1.72. The van der Waals surface area contributed by atoms with Crippen LogP contribution < -0.4 is 5.32 Å². The molecule has 0 radical (unpaired) electrons. The lowest BCUT2D eigenvalue weighted by Crippen LogP contribution is -2.44. The maximum atomic E-state index is 12.3. The monoisotopic (exact) mass is 349 g/mol. The smallest absolute Gasteiger partial charge is 0.236 e. The Kier molecular flexibility index (Phi) is 6.70. The standard InChI is InChI=1S/C16H23N5O2S/c1-12-11-24-16(18-12)19-15(23)13-4-8-21(9-5-13)10-14(22)20(2)7-3-6-17/h11,13H,3-5,7-10H2,1-2H3,(H,18,19,23). The van der Waals surface area contributed by atoms with E-state index in [1.54, 1.807) is 11.9 Å². The maximum Gasteiger partial charge on any atom is 0.236 e. The van der Waals surface area contributed by atoms with E-state index in [0.29, 0.717) is 24.6 Å². The summed E-state index contributed by atoms with van der Waals surface area (Å²) in [5, 5.41) is 14.0. The number of thiazole rings is 1. The van der Waals surface area contributed by atoms with E-state index in [0.717, 1.165) is 31.6 Å². The van der Waals surface area contributed by atoms with Gasteiger partial charge in [0, 0.05) is 24.9 Å². The summed E-state index contributed by atoms with van der Waals surface area (Å²) in [4.78, 5) is 32.2. The summed E-state index contributed by atoms with van der Waals surface area (Å²) in [6.45, 7) is 4.16. The lowest BCUT2D eigenvalue weighted by atomic mass is 9.96. The Morgan fingerprint density at radius 1 is 1.50 bits per heavy atom. The zero-order chi connectivity index (χ0) is 17.5. The van der Waals surface area contributed by atoms with Gasteiger partial charge in [-0.15, -0.1) is 11.3 Å². The van der Waals surface area contributed by atoms with Crippen molar-refractivity contribution in [3.8, 4) is 6.07 Å². The minimum atomic E-state index is -0.0307. The van der Waals surface area contributed by atoms with Gasteiger partial charge in [-0.25, -0.2) is 4.98 Å². The first-order valence-corrected chi connectivity index (χ1v) is 8.94. The number of likely N-dealkylation sites (N-methyl/N-ethyl adjacent to an activating group) is 1. The third-order valence-corrected chi connectivity index (χ3v) is 5.03. The quantitative estimate of drug-likeness (QED) is 0.840. The van der Waals surface area contributed by atoms with Crippen molar-refractivity contribution in [3.63, 3.8) is 0 Å². The fourth-order valence-electron chi connectivity index (χ4n) is 2.63. The largest absolute Gasteiger partial charge is 0.344 e. The van der Waals surface area contributed by atoms with Crippen molar-refractivity contribution in [2.24, 2.45) is 5.92 Å². The summed E-state index contributed by atoms with van der Waals surface area (Å²) in [5.74, 6) is 0.00440. The van der Waals surface area contributed by atoms with Crippen molar-refractivity contribution in [1.29, 1.82) is 5.26 Å². The van der Waals surface area contributed by atoms with E-state index in [2.05, 4.69) is 15.2 Å². The molecule has 8 heteroatoms. The number of hydrogen-bond donors (Lipinski definition) is 1. The van der Waals surface area contributed by atoms with Crippen molar-refractivity contribution in [3.05, 3.63) is 11.1 Å². The van der Waals surface area contributed by atoms with Crippen LogP contribution in [0, 0.1) is 24.2 Å². The lowest BCUT2D eigenvalue weighted by molar-refractivity contribution is -0.131. The second-order valence-electron chi connectivity index (χ2n) is 6.06. The molecule has 2 rings (SSSR count). The van der Waals surface area contributed by atoms with Crippen molar-refractivity contribution in [2.45, 2.75) is 26.2 Å². The van der Waals surface area contributed by atoms with Gasteiger partial charge < -0.3 is 10.2 Å². The molecule has 24 heavy (non-hydrogen) atoms. The van der Waals surface area contributed by atoms with Gasteiger partial charge in [-0.05, 0) is 32.9 Å². The number of aryl methyl sites for hydroxylation is 1. The summed E-state index contributed by atoms with van der Waals surface area (Å²) >= 11 is 1.43. The molecule has 1 aromatic rings. The van der Waals surface area contributed by atoms with E-state index in [9.17, 15) is 9.59 Å². The second-order valence-corrected chi connectivity index (χ2v) is 6.92. The van der Waals surface area contributed by atoms with E-state index in [1.807, 2.05) is 18.4 Å². The van der Waals surface area contributed by atoms with E-state index in [1.165, 1.54) is 11.3 Å². The van der Waals surface area contributed by atoms with Crippen LogP contribution in [0.5, 0.6) is 0 Å². The Morgan fingerprint density at radius 3 is 2.79 bits per heavy atom. The van der Waals surface area contributed by atoms with Crippen molar-refractivity contribution in [1.82, 2.24) is 14.8 Å². The number of nitrogens with zero attached hydrogens (tertiary/aromatic N) is 4. The van der Waals surface area contributed by atoms with Gasteiger partial charge >= 0.3 is 0 Å². The zero-order valence-corrected chi connectivity index (χ0v) is 14.9. The molecule has 0 spiro atoms. The van der Waals surface area contributed by atoms with Crippen LogP contribution in [-0.2, 0) is 9.59 Å². The van der Waals surface area contributed by atoms with E-state index >= 15 is 0 Å². The third-order valence-electron chi connectivity index (χ3n) is 4.15. The molecule has 2 amide bonds. The SMILES string of the molecule is Cc1csc(NC(=O)C2CCN(CC(=O)N(C)CCC#N)CC2)n1. The Labute approximate surface area is 146 Å². The maximum absolute atomic E-state index is 12.3. The van der Waals surface area contributed by atoms with Gasteiger partial charge in [0.1, 0.15) is 0 Å². The van der Waals surface area contributed by atoms with E-state index in [-0.39, 0.29) is 17.7 Å². The molecule has 0 bridgehead atoms. The fourth-order valence-corrected chi connectivity index (χ4v) is 3.32. The predicted octanol–water partition coefficient (Wildman–Crippen LogP) is 1.47. The average molecular weight is 349 g/mol. The number of amides is 2. The van der Waals surface area contributed by atoms with Crippen LogP contribution in [-0.4, -0.2) is 59.8 Å². The molecule has 0 unspecified atom stereocenters. The van der Waals surface area contributed by atoms with Gasteiger partial charge in [0.15, 0.2) is 5.13 Å². The number of hydrogen-bond acceptors (Lipinski definition) is 6. The Morgan fingerprint density at radius 2 is 2.21 bits per heavy atom. The third kappa shape index (κ3) is 5.28. The minimum Gasteiger partial charge on any atom is -0.344 e. The van der Waals surface area contributed by atoms with Crippen molar-refractivity contribution >= 4 is 28.3 Å². The zero-order valence-electron chi connectivity index (χ0n) is 14.1. The molecule has 0 atom stereocenters. The molecule has 1 aliphatic heterocycles. The Balaban J connectivity index is 1.73. The molecule has 1 aliphatic rings. The van der Waals surface area contributed by atoms with Crippen LogP contribution in [0.1, 0.15) is 25.0 Å². The number of carbonyl (C=O) groups is 2. The molecule has 1 N–H and O–H groups in total.